The van der Waals surface area contributed by atoms with Gasteiger partial charge in [0.15, 0.2) is 0 Å². The molecule has 3 atom stereocenters. The Hall–Kier alpha value is -1.06. The van der Waals surface area contributed by atoms with E-state index >= 15 is 0 Å². The molecule has 2 N–H and O–H groups in total. The van der Waals surface area contributed by atoms with Crippen molar-refractivity contribution in [3.05, 3.63) is 0 Å². The molecular weight excluding hydrogens is 230 g/mol. The summed E-state index contributed by atoms with van der Waals surface area (Å²) in [6.07, 6.45) is 6.27. The van der Waals surface area contributed by atoms with Crippen LogP contribution in [0.15, 0.2) is 0 Å². The fourth-order valence-corrected chi connectivity index (χ4v) is 3.44. The molecule has 0 aromatic heterocycles. The summed E-state index contributed by atoms with van der Waals surface area (Å²) in [6.45, 7) is 2.76. The third-order valence-electron chi connectivity index (χ3n) is 4.49. The van der Waals surface area contributed by atoms with Crippen LogP contribution in [0.3, 0.4) is 0 Å². The van der Waals surface area contributed by atoms with E-state index in [0.29, 0.717) is 24.7 Å². The first-order valence-corrected chi connectivity index (χ1v) is 7.08. The third kappa shape index (κ3) is 3.03. The minimum Gasteiger partial charge on any atom is -0.481 e. The number of nitrogens with one attached hydrogen (secondary N) is 1. The predicted octanol–water partition coefficient (Wildman–Crippen LogP) is 2.04. The van der Waals surface area contributed by atoms with Crippen molar-refractivity contribution in [2.45, 2.75) is 45.4 Å². The molecule has 0 aromatic rings. The molecule has 2 aliphatic rings. The van der Waals surface area contributed by atoms with Crippen molar-refractivity contribution < 1.29 is 14.7 Å². The number of rotatable bonds is 4. The quantitative estimate of drug-likeness (QED) is 0.805. The second-order valence-electron chi connectivity index (χ2n) is 6.02. The number of carbonyl (C=O) groups is 2. The van der Waals surface area contributed by atoms with Crippen LogP contribution in [0.5, 0.6) is 0 Å². The molecule has 0 aromatic carbocycles. The number of hydrogen-bond acceptors (Lipinski definition) is 2. The lowest BCUT2D eigenvalue weighted by molar-refractivity contribution is -0.146. The summed E-state index contributed by atoms with van der Waals surface area (Å²) < 4.78 is 0. The van der Waals surface area contributed by atoms with Gasteiger partial charge in [0.2, 0.25) is 5.91 Å². The smallest absolute Gasteiger partial charge is 0.307 e. The van der Waals surface area contributed by atoms with Gasteiger partial charge < -0.3 is 10.4 Å². The average molecular weight is 253 g/mol. The van der Waals surface area contributed by atoms with Gasteiger partial charge in [0, 0.05) is 6.54 Å². The van der Waals surface area contributed by atoms with Crippen LogP contribution in [-0.4, -0.2) is 23.5 Å². The summed E-state index contributed by atoms with van der Waals surface area (Å²) in [7, 11) is 0. The molecule has 102 valence electrons. The van der Waals surface area contributed by atoms with Gasteiger partial charge in [-0.05, 0) is 37.5 Å². The highest BCUT2D eigenvalue weighted by molar-refractivity contribution is 5.85. The minimum absolute atomic E-state index is 0.0429. The lowest BCUT2D eigenvalue weighted by Gasteiger charge is -2.17. The van der Waals surface area contributed by atoms with Crippen LogP contribution < -0.4 is 5.32 Å². The van der Waals surface area contributed by atoms with Crippen LogP contribution in [0.1, 0.15) is 45.4 Å². The normalized spacial score (nSPS) is 32.6. The third-order valence-corrected chi connectivity index (χ3v) is 4.49. The molecular formula is C14H23NO3. The van der Waals surface area contributed by atoms with Crippen molar-refractivity contribution in [1.82, 2.24) is 5.32 Å². The fraction of sp³-hybridized carbons (Fsp3) is 0.857. The van der Waals surface area contributed by atoms with Crippen LogP contribution in [0, 0.1) is 23.7 Å². The van der Waals surface area contributed by atoms with Crippen LogP contribution in [0.25, 0.3) is 0 Å². The molecule has 2 saturated carbocycles. The van der Waals surface area contributed by atoms with E-state index in [4.69, 9.17) is 5.11 Å². The first-order chi connectivity index (χ1) is 8.58. The predicted molar refractivity (Wildman–Crippen MR) is 68.0 cm³/mol. The zero-order valence-electron chi connectivity index (χ0n) is 11.0. The van der Waals surface area contributed by atoms with Gasteiger partial charge in [0.25, 0.3) is 0 Å². The second-order valence-corrected chi connectivity index (χ2v) is 6.02. The van der Waals surface area contributed by atoms with Crippen molar-refractivity contribution in [2.75, 3.05) is 6.54 Å². The topological polar surface area (TPSA) is 66.4 Å². The summed E-state index contributed by atoms with van der Waals surface area (Å²) in [5.41, 5.74) is 0. The van der Waals surface area contributed by atoms with Gasteiger partial charge in [-0.3, -0.25) is 9.59 Å². The van der Waals surface area contributed by atoms with Crippen molar-refractivity contribution in [2.24, 2.45) is 23.7 Å². The van der Waals surface area contributed by atoms with Gasteiger partial charge in [-0.25, -0.2) is 0 Å². The number of hydrogen-bond donors (Lipinski definition) is 2. The van der Waals surface area contributed by atoms with Crippen LogP contribution in [0.4, 0.5) is 0 Å². The van der Waals surface area contributed by atoms with Gasteiger partial charge in [-0.2, -0.15) is 0 Å². The number of amides is 1. The Morgan fingerprint density at radius 3 is 2.39 bits per heavy atom. The van der Waals surface area contributed by atoms with Crippen molar-refractivity contribution in [1.29, 1.82) is 0 Å². The maximum atomic E-state index is 12.1. The number of carboxylic acid groups (broad SMARTS) is 1. The second kappa shape index (κ2) is 5.72. The zero-order chi connectivity index (χ0) is 13.1. The van der Waals surface area contributed by atoms with Crippen LogP contribution >= 0.6 is 0 Å². The molecule has 0 aliphatic heterocycles. The Kier molecular flexibility index (Phi) is 4.25. The van der Waals surface area contributed by atoms with E-state index in [9.17, 15) is 9.59 Å². The van der Waals surface area contributed by atoms with Crippen molar-refractivity contribution >= 4 is 11.9 Å². The minimum atomic E-state index is -0.819. The van der Waals surface area contributed by atoms with E-state index in [0.717, 1.165) is 6.54 Å². The molecule has 0 heterocycles. The molecule has 0 radical (unpaired) electrons. The summed E-state index contributed by atoms with van der Waals surface area (Å²) in [5.74, 6) is -0.717. The monoisotopic (exact) mass is 253 g/mol. The van der Waals surface area contributed by atoms with Gasteiger partial charge in [0.05, 0.1) is 11.8 Å². The lowest BCUT2D eigenvalue weighted by Crippen LogP contribution is -2.37. The first kappa shape index (κ1) is 13.4. The summed E-state index contributed by atoms with van der Waals surface area (Å²) in [4.78, 5) is 23.2. The van der Waals surface area contributed by atoms with Crippen molar-refractivity contribution in [3.8, 4) is 0 Å². The van der Waals surface area contributed by atoms with Crippen molar-refractivity contribution in [3.63, 3.8) is 0 Å². The largest absolute Gasteiger partial charge is 0.481 e. The maximum Gasteiger partial charge on any atom is 0.307 e. The molecule has 4 nitrogen and oxygen atoms in total. The Morgan fingerprint density at radius 2 is 1.78 bits per heavy atom. The molecule has 2 fully saturated rings. The SMILES string of the molecule is CC1CC(C(=O)O)C(C(=O)NCC2CCCC2)C1. The zero-order valence-corrected chi connectivity index (χ0v) is 11.0. The van der Waals surface area contributed by atoms with Gasteiger partial charge in [-0.1, -0.05) is 19.8 Å². The highest BCUT2D eigenvalue weighted by atomic mass is 16.4. The Morgan fingerprint density at radius 1 is 1.17 bits per heavy atom. The molecule has 4 heteroatoms. The van der Waals surface area contributed by atoms with Crippen LogP contribution in [0.2, 0.25) is 0 Å². The van der Waals surface area contributed by atoms with E-state index in [1.807, 2.05) is 6.92 Å². The van der Waals surface area contributed by atoms with E-state index in [1.165, 1.54) is 25.7 Å². The molecule has 2 rings (SSSR count). The standard InChI is InChI=1S/C14H23NO3/c1-9-6-11(12(7-9)14(17)18)13(16)15-8-10-4-2-3-5-10/h9-12H,2-8H2,1H3,(H,15,16)(H,17,18). The average Bonchev–Trinajstić information content (AvgIpc) is 2.94. The molecule has 0 bridgehead atoms. The molecule has 3 unspecified atom stereocenters. The van der Waals surface area contributed by atoms with Crippen LogP contribution in [-0.2, 0) is 9.59 Å². The van der Waals surface area contributed by atoms with E-state index in [-0.39, 0.29) is 11.8 Å². The first-order valence-electron chi connectivity index (χ1n) is 7.08. The highest BCUT2D eigenvalue weighted by Crippen LogP contribution is 2.36. The number of aliphatic carboxylic acids is 1. The van der Waals surface area contributed by atoms with Gasteiger partial charge in [-0.15, -0.1) is 0 Å². The van der Waals surface area contributed by atoms with E-state index in [2.05, 4.69) is 5.32 Å². The fourth-order valence-electron chi connectivity index (χ4n) is 3.44. The Balaban J connectivity index is 1.85. The molecule has 0 saturated heterocycles. The van der Waals surface area contributed by atoms with Gasteiger partial charge >= 0.3 is 5.97 Å². The highest BCUT2D eigenvalue weighted by Gasteiger charge is 2.41. The summed E-state index contributed by atoms with van der Waals surface area (Å²) in [6, 6.07) is 0. The van der Waals surface area contributed by atoms with E-state index < -0.39 is 11.9 Å². The van der Waals surface area contributed by atoms with Gasteiger partial charge in [0.1, 0.15) is 0 Å². The lowest BCUT2D eigenvalue weighted by atomic mass is 9.95. The molecule has 0 spiro atoms. The Bertz CT molecular complexity index is 323. The van der Waals surface area contributed by atoms with E-state index in [1.54, 1.807) is 0 Å². The molecule has 18 heavy (non-hydrogen) atoms. The summed E-state index contributed by atoms with van der Waals surface area (Å²) >= 11 is 0. The maximum absolute atomic E-state index is 12.1. The molecule has 1 amide bonds. The molecule has 2 aliphatic carbocycles. The number of carboxylic acids is 1. The number of carbonyl (C=O) groups excluding carboxylic acids is 1. The Labute approximate surface area is 108 Å². The summed E-state index contributed by atoms with van der Waals surface area (Å²) in [5, 5.41) is 12.1.